The van der Waals surface area contributed by atoms with Gasteiger partial charge < -0.3 is 4.90 Å². The fourth-order valence-electron chi connectivity index (χ4n) is 8.07. The average molecular weight is 571 g/mol. The van der Waals surface area contributed by atoms with Gasteiger partial charge in [0.15, 0.2) is 0 Å². The molecule has 3 unspecified atom stereocenters. The summed E-state index contributed by atoms with van der Waals surface area (Å²) in [6, 6.07) is 38.0. The van der Waals surface area contributed by atoms with Crippen molar-refractivity contribution in [2.75, 3.05) is 0 Å². The standard InChI is InChI=1S/C42H38N2/c1-29-43-42(3)27-24-33(28-38(42)44(29)41(2)25-12-5-13-26-41)30-20-22-32(23-21-30)40-36-18-10-8-16-34(36)39(31-14-6-4-7-15-31)35-17-9-11-19-37(35)40/h4-12,14-24,27-28,38H,13,25-26H2,1-3H3. The van der Waals surface area contributed by atoms with E-state index in [2.05, 4.69) is 159 Å². The van der Waals surface area contributed by atoms with Crippen LogP contribution in [-0.2, 0) is 0 Å². The Balaban J connectivity index is 1.22. The Hall–Kier alpha value is -4.69. The molecule has 1 aliphatic heterocycles. The number of allylic oxidation sites excluding steroid dienone is 3. The molecule has 0 aromatic heterocycles. The second-order valence-corrected chi connectivity index (χ2v) is 13.2. The minimum Gasteiger partial charge on any atom is -0.346 e. The quantitative estimate of drug-likeness (QED) is 0.155. The number of amidine groups is 1. The molecule has 2 heteroatoms. The summed E-state index contributed by atoms with van der Waals surface area (Å²) in [5.74, 6) is 1.16. The second kappa shape index (κ2) is 10.2. The Morgan fingerprint density at radius 1 is 0.659 bits per heavy atom. The summed E-state index contributed by atoms with van der Waals surface area (Å²) in [7, 11) is 0. The molecule has 44 heavy (non-hydrogen) atoms. The fourth-order valence-corrected chi connectivity index (χ4v) is 8.07. The largest absolute Gasteiger partial charge is 0.346 e. The highest BCUT2D eigenvalue weighted by atomic mass is 15.3. The molecule has 0 bridgehead atoms. The molecule has 0 N–H and O–H groups in total. The third kappa shape index (κ3) is 4.19. The number of aliphatic imine (C=N–C) groups is 1. The maximum Gasteiger partial charge on any atom is 0.102 e. The second-order valence-electron chi connectivity index (χ2n) is 13.2. The van der Waals surface area contributed by atoms with Crippen molar-refractivity contribution in [3.63, 3.8) is 0 Å². The first-order valence-corrected chi connectivity index (χ1v) is 16.0. The minimum atomic E-state index is -0.226. The Morgan fingerprint density at radius 2 is 1.20 bits per heavy atom. The van der Waals surface area contributed by atoms with Crippen molar-refractivity contribution in [1.29, 1.82) is 0 Å². The highest BCUT2D eigenvalue weighted by molar-refractivity contribution is 6.21. The van der Waals surface area contributed by atoms with E-state index in [-0.39, 0.29) is 17.1 Å². The molecular formula is C42H38N2. The van der Waals surface area contributed by atoms with E-state index in [1.165, 1.54) is 54.9 Å². The SMILES string of the molecule is CC1=NC2(C)C=CC(c3ccc(-c4c5ccccc5c(-c5ccccc5)c5ccccc45)cc3)=CC2N1C1(C)CC=CCC1. The van der Waals surface area contributed by atoms with Crippen LogP contribution in [0.25, 0.3) is 49.4 Å². The number of hydrogen-bond donors (Lipinski definition) is 0. The van der Waals surface area contributed by atoms with Crippen LogP contribution in [0.3, 0.4) is 0 Å². The molecule has 5 aromatic rings. The van der Waals surface area contributed by atoms with E-state index in [0.717, 1.165) is 25.1 Å². The van der Waals surface area contributed by atoms with Crippen LogP contribution in [0.4, 0.5) is 0 Å². The summed E-state index contributed by atoms with van der Waals surface area (Å²) in [4.78, 5) is 7.81. The van der Waals surface area contributed by atoms with Crippen molar-refractivity contribution >= 4 is 33.0 Å². The van der Waals surface area contributed by atoms with Crippen molar-refractivity contribution in [1.82, 2.24) is 4.90 Å². The van der Waals surface area contributed by atoms with Crippen LogP contribution >= 0.6 is 0 Å². The van der Waals surface area contributed by atoms with E-state index in [0.29, 0.717) is 0 Å². The van der Waals surface area contributed by atoms with E-state index in [9.17, 15) is 0 Å². The lowest BCUT2D eigenvalue weighted by molar-refractivity contribution is 0.141. The average Bonchev–Trinajstić information content (AvgIpc) is 3.34. The van der Waals surface area contributed by atoms with Gasteiger partial charge in [-0.1, -0.05) is 134 Å². The lowest BCUT2D eigenvalue weighted by atomic mass is 9.79. The molecule has 3 atom stereocenters. The van der Waals surface area contributed by atoms with Crippen LogP contribution < -0.4 is 0 Å². The van der Waals surface area contributed by atoms with Crippen molar-refractivity contribution in [3.8, 4) is 22.3 Å². The maximum absolute atomic E-state index is 5.20. The molecule has 2 aliphatic carbocycles. The molecule has 0 radical (unpaired) electrons. The highest BCUT2D eigenvalue weighted by Crippen LogP contribution is 2.46. The van der Waals surface area contributed by atoms with Gasteiger partial charge in [0, 0.05) is 5.54 Å². The highest BCUT2D eigenvalue weighted by Gasteiger charge is 2.49. The number of rotatable bonds is 4. The molecule has 0 fully saturated rings. The molecule has 0 amide bonds. The first kappa shape index (κ1) is 26.9. The number of nitrogens with zero attached hydrogens (tertiary/aromatic N) is 2. The Kier molecular flexibility index (Phi) is 6.24. The number of benzene rings is 5. The first-order valence-electron chi connectivity index (χ1n) is 16.0. The van der Waals surface area contributed by atoms with Crippen LogP contribution in [0.15, 0.2) is 139 Å². The van der Waals surface area contributed by atoms with E-state index < -0.39 is 0 Å². The van der Waals surface area contributed by atoms with Crippen LogP contribution in [0, 0.1) is 0 Å². The molecule has 0 saturated heterocycles. The first-order chi connectivity index (χ1) is 21.5. The van der Waals surface area contributed by atoms with Crippen LogP contribution in [0.5, 0.6) is 0 Å². The fraction of sp³-hybridized carbons (Fsp3) is 0.214. The Labute approximate surface area is 260 Å². The van der Waals surface area contributed by atoms with Gasteiger partial charge in [-0.05, 0) is 95.0 Å². The predicted octanol–water partition coefficient (Wildman–Crippen LogP) is 10.6. The topological polar surface area (TPSA) is 15.6 Å². The Bertz CT molecular complexity index is 1970. The zero-order chi connectivity index (χ0) is 29.9. The van der Waals surface area contributed by atoms with Gasteiger partial charge in [0.25, 0.3) is 0 Å². The molecule has 0 saturated carbocycles. The van der Waals surface area contributed by atoms with E-state index in [4.69, 9.17) is 4.99 Å². The number of fused-ring (bicyclic) bond motifs is 3. The summed E-state index contributed by atoms with van der Waals surface area (Å²) >= 11 is 0. The molecule has 2 nitrogen and oxygen atoms in total. The third-order valence-corrected chi connectivity index (χ3v) is 10.2. The smallest absolute Gasteiger partial charge is 0.102 e. The summed E-state index contributed by atoms with van der Waals surface area (Å²) in [5, 5.41) is 5.15. The van der Waals surface area contributed by atoms with Crippen LogP contribution in [0.2, 0.25) is 0 Å². The van der Waals surface area contributed by atoms with E-state index in [1.807, 2.05) is 0 Å². The predicted molar refractivity (Wildman–Crippen MR) is 188 cm³/mol. The lowest BCUT2D eigenvalue weighted by Gasteiger charge is -2.47. The van der Waals surface area contributed by atoms with Gasteiger partial charge in [-0.3, -0.25) is 4.99 Å². The van der Waals surface area contributed by atoms with Gasteiger partial charge >= 0.3 is 0 Å². The number of hydrogen-bond acceptors (Lipinski definition) is 2. The van der Waals surface area contributed by atoms with Crippen LogP contribution in [0.1, 0.15) is 45.6 Å². The van der Waals surface area contributed by atoms with Crippen molar-refractivity contribution in [2.45, 2.75) is 57.2 Å². The summed E-state index contributed by atoms with van der Waals surface area (Å²) in [5.41, 5.74) is 7.49. The van der Waals surface area contributed by atoms with Gasteiger partial charge in [0.2, 0.25) is 0 Å². The maximum atomic E-state index is 5.20. The third-order valence-electron chi connectivity index (χ3n) is 10.2. The zero-order valence-electron chi connectivity index (χ0n) is 25.8. The monoisotopic (exact) mass is 570 g/mol. The molecule has 1 heterocycles. The van der Waals surface area contributed by atoms with Crippen molar-refractivity contribution < 1.29 is 0 Å². The Morgan fingerprint density at radius 3 is 1.77 bits per heavy atom. The van der Waals surface area contributed by atoms with Gasteiger partial charge in [-0.2, -0.15) is 0 Å². The summed E-state index contributed by atoms with van der Waals surface area (Å²) in [6.45, 7) is 6.89. The van der Waals surface area contributed by atoms with Crippen LogP contribution in [-0.4, -0.2) is 27.9 Å². The van der Waals surface area contributed by atoms with Gasteiger partial charge in [0.05, 0.1) is 11.9 Å². The molecule has 5 aromatic carbocycles. The van der Waals surface area contributed by atoms with Crippen molar-refractivity contribution in [3.05, 3.63) is 139 Å². The molecule has 3 aliphatic rings. The molecule has 216 valence electrons. The lowest BCUT2D eigenvalue weighted by Crippen LogP contribution is -2.55. The van der Waals surface area contributed by atoms with Gasteiger partial charge in [-0.15, -0.1) is 0 Å². The van der Waals surface area contributed by atoms with Gasteiger partial charge in [0.1, 0.15) is 5.54 Å². The van der Waals surface area contributed by atoms with Gasteiger partial charge in [-0.25, -0.2) is 0 Å². The van der Waals surface area contributed by atoms with E-state index >= 15 is 0 Å². The van der Waals surface area contributed by atoms with Crippen molar-refractivity contribution in [2.24, 2.45) is 4.99 Å². The summed E-state index contributed by atoms with van der Waals surface area (Å²) in [6.07, 6.45) is 15.1. The molecule has 8 rings (SSSR count). The minimum absolute atomic E-state index is 0.0927. The normalized spacial score (nSPS) is 24.4. The molecule has 0 spiro atoms. The van der Waals surface area contributed by atoms with E-state index in [1.54, 1.807) is 0 Å². The summed E-state index contributed by atoms with van der Waals surface area (Å²) < 4.78 is 0. The zero-order valence-corrected chi connectivity index (χ0v) is 25.8. The molecular weight excluding hydrogens is 532 g/mol.